The van der Waals surface area contributed by atoms with Gasteiger partial charge in [-0.2, -0.15) is 10.4 Å². The van der Waals surface area contributed by atoms with E-state index in [1.54, 1.807) is 30.3 Å². The molecule has 170 valence electrons. The van der Waals surface area contributed by atoms with Crippen molar-refractivity contribution in [1.29, 1.82) is 5.26 Å². The lowest BCUT2D eigenvalue weighted by molar-refractivity contribution is 0.0595. The maximum absolute atomic E-state index is 12.9. The van der Waals surface area contributed by atoms with Gasteiger partial charge in [0.25, 0.3) is 5.56 Å². The number of hydrogen-bond donors (Lipinski definition) is 1. The van der Waals surface area contributed by atoms with Crippen LogP contribution in [0.1, 0.15) is 37.3 Å². The summed E-state index contributed by atoms with van der Waals surface area (Å²) in [4.78, 5) is 13.8. The van der Waals surface area contributed by atoms with E-state index in [9.17, 15) is 4.79 Å². The van der Waals surface area contributed by atoms with Crippen LogP contribution in [0.3, 0.4) is 0 Å². The van der Waals surface area contributed by atoms with Crippen molar-refractivity contribution in [2.24, 2.45) is 5.92 Å². The molecule has 3 heterocycles. The van der Waals surface area contributed by atoms with E-state index in [0.717, 1.165) is 63.4 Å². The van der Waals surface area contributed by atoms with Crippen molar-refractivity contribution < 1.29 is 4.74 Å². The number of nitrogens with one attached hydrogen (secondary N) is 1. The summed E-state index contributed by atoms with van der Waals surface area (Å²) in [7, 11) is 0. The van der Waals surface area contributed by atoms with Gasteiger partial charge in [0.2, 0.25) is 0 Å². The largest absolute Gasteiger partial charge is 0.382 e. The Kier molecular flexibility index (Phi) is 7.98. The van der Waals surface area contributed by atoms with Crippen LogP contribution in [-0.4, -0.2) is 46.9 Å². The van der Waals surface area contributed by atoms with E-state index in [4.69, 9.17) is 33.2 Å². The second kappa shape index (κ2) is 10.9. The number of benzene rings is 1. The summed E-state index contributed by atoms with van der Waals surface area (Å²) in [5.74, 6) is 0.425. The Balaban J connectivity index is 1.34. The van der Waals surface area contributed by atoms with Crippen LogP contribution in [0.25, 0.3) is 0 Å². The second-order valence-corrected chi connectivity index (χ2v) is 10.0. The van der Waals surface area contributed by atoms with Gasteiger partial charge in [0.05, 0.1) is 41.2 Å². The number of rotatable bonds is 6. The van der Waals surface area contributed by atoms with Crippen LogP contribution in [0.4, 0.5) is 5.69 Å². The van der Waals surface area contributed by atoms with Gasteiger partial charge in [-0.3, -0.25) is 4.79 Å². The quantitative estimate of drug-likeness (QED) is 0.588. The molecular weight excluding hydrogens is 469 g/mol. The number of aromatic nitrogens is 2. The Labute approximate surface area is 201 Å². The number of nitriles is 1. The molecule has 2 fully saturated rings. The number of ether oxygens (including phenoxy) is 1. The van der Waals surface area contributed by atoms with E-state index in [-0.39, 0.29) is 16.6 Å². The lowest BCUT2D eigenvalue weighted by Crippen LogP contribution is -2.36. The number of anilines is 1. The molecule has 1 N–H and O–H groups in total. The Bertz CT molecular complexity index is 1040. The highest BCUT2D eigenvalue weighted by Gasteiger charge is 2.25. The molecule has 1 unspecified atom stereocenters. The van der Waals surface area contributed by atoms with Crippen molar-refractivity contribution in [1.82, 2.24) is 14.1 Å². The van der Waals surface area contributed by atoms with Gasteiger partial charge < -0.3 is 10.1 Å². The molecule has 4 rings (SSSR count). The van der Waals surface area contributed by atoms with Crippen molar-refractivity contribution >= 4 is 40.8 Å². The lowest BCUT2D eigenvalue weighted by atomic mass is 10.0. The molecule has 10 heteroatoms. The van der Waals surface area contributed by atoms with Crippen LogP contribution in [-0.2, 0) is 4.74 Å². The average molecular weight is 494 g/mol. The highest BCUT2D eigenvalue weighted by Crippen LogP contribution is 2.34. The summed E-state index contributed by atoms with van der Waals surface area (Å²) in [6, 6.07) is 7.42. The van der Waals surface area contributed by atoms with Gasteiger partial charge in [-0.1, -0.05) is 23.2 Å². The molecule has 7 nitrogen and oxygen atoms in total. The number of nitrogens with zero attached hydrogens (tertiary/aromatic N) is 4. The fraction of sp³-hybridized carbons (Fsp3) is 0.500. The minimum Gasteiger partial charge on any atom is -0.382 e. The summed E-state index contributed by atoms with van der Waals surface area (Å²) >= 11 is 14.3. The maximum atomic E-state index is 12.9. The minimum atomic E-state index is -0.252. The normalized spacial score (nSPS) is 20.1. The van der Waals surface area contributed by atoms with E-state index in [1.807, 2.05) is 6.07 Å². The number of hydrogen-bond acceptors (Lipinski definition) is 7. The first-order valence-corrected chi connectivity index (χ1v) is 12.3. The van der Waals surface area contributed by atoms with Crippen LogP contribution in [0.2, 0.25) is 10.0 Å². The summed E-state index contributed by atoms with van der Waals surface area (Å²) < 4.78 is 9.25. The Morgan fingerprint density at radius 3 is 2.78 bits per heavy atom. The predicted molar refractivity (Wildman–Crippen MR) is 127 cm³/mol. The first-order valence-electron chi connectivity index (χ1n) is 10.8. The predicted octanol–water partition coefficient (Wildman–Crippen LogP) is 4.60. The molecule has 1 atom stereocenters. The molecule has 2 aliphatic heterocycles. The van der Waals surface area contributed by atoms with E-state index in [0.29, 0.717) is 22.2 Å². The smallest absolute Gasteiger partial charge is 0.287 e. The third-order valence-corrected chi connectivity index (χ3v) is 7.80. The van der Waals surface area contributed by atoms with E-state index < -0.39 is 0 Å². The van der Waals surface area contributed by atoms with E-state index in [1.165, 1.54) is 4.68 Å². The molecule has 2 aromatic rings. The summed E-state index contributed by atoms with van der Waals surface area (Å²) in [5.41, 5.74) is 0.880. The standard InChI is InChI=1S/C22H25Cl2N5O2S/c23-18-10-15(11-25)3-4-20(18)32-28-7-5-17(6-8-28)29-22(30)21(24)19(13-27-29)26-12-16-2-1-9-31-14-16/h3-4,10,13,16-17,26H,1-2,5-9,12,14H2. The van der Waals surface area contributed by atoms with Crippen LogP contribution >= 0.6 is 35.1 Å². The molecule has 1 aromatic heterocycles. The molecule has 2 aliphatic rings. The second-order valence-electron chi connectivity index (χ2n) is 8.09. The Morgan fingerprint density at radius 1 is 1.28 bits per heavy atom. The molecule has 0 bridgehead atoms. The monoisotopic (exact) mass is 493 g/mol. The van der Waals surface area contributed by atoms with Crippen LogP contribution in [0.15, 0.2) is 34.1 Å². The minimum absolute atomic E-state index is 0.00841. The van der Waals surface area contributed by atoms with Gasteiger partial charge in [-0.25, -0.2) is 8.99 Å². The Hall–Kier alpha value is -1.76. The molecule has 0 spiro atoms. The third-order valence-electron chi connectivity index (χ3n) is 5.84. The van der Waals surface area contributed by atoms with Crippen molar-refractivity contribution in [3.8, 4) is 6.07 Å². The van der Waals surface area contributed by atoms with Crippen molar-refractivity contribution in [2.45, 2.75) is 36.6 Å². The molecule has 0 aliphatic carbocycles. The van der Waals surface area contributed by atoms with Crippen molar-refractivity contribution in [3.05, 3.63) is 50.4 Å². The molecule has 1 aromatic carbocycles. The first-order chi connectivity index (χ1) is 15.5. The van der Waals surface area contributed by atoms with Gasteiger partial charge in [-0.15, -0.1) is 0 Å². The zero-order valence-corrected chi connectivity index (χ0v) is 19.9. The summed E-state index contributed by atoms with van der Waals surface area (Å²) in [6.07, 6.45) is 5.41. The molecule has 0 amide bonds. The fourth-order valence-electron chi connectivity index (χ4n) is 4.01. The number of piperidine rings is 1. The first kappa shape index (κ1) is 23.4. The van der Waals surface area contributed by atoms with E-state index in [2.05, 4.69) is 20.8 Å². The summed E-state index contributed by atoms with van der Waals surface area (Å²) in [6.45, 7) is 3.86. The van der Waals surface area contributed by atoms with Crippen LogP contribution in [0, 0.1) is 17.2 Å². The topological polar surface area (TPSA) is 83.2 Å². The van der Waals surface area contributed by atoms with Gasteiger partial charge in [0.1, 0.15) is 5.02 Å². The van der Waals surface area contributed by atoms with Gasteiger partial charge in [0, 0.05) is 31.1 Å². The highest BCUT2D eigenvalue weighted by atomic mass is 35.5. The van der Waals surface area contributed by atoms with Gasteiger partial charge >= 0.3 is 0 Å². The molecule has 32 heavy (non-hydrogen) atoms. The molecular formula is C22H25Cl2N5O2S. The van der Waals surface area contributed by atoms with Crippen molar-refractivity contribution in [2.75, 3.05) is 38.2 Å². The fourth-order valence-corrected chi connectivity index (χ4v) is 5.45. The average Bonchev–Trinajstić information content (AvgIpc) is 2.82. The Morgan fingerprint density at radius 2 is 2.09 bits per heavy atom. The van der Waals surface area contributed by atoms with Crippen molar-refractivity contribution in [3.63, 3.8) is 0 Å². The molecule has 0 radical (unpaired) electrons. The van der Waals surface area contributed by atoms with Gasteiger partial charge in [0.15, 0.2) is 0 Å². The molecule has 0 saturated carbocycles. The van der Waals surface area contributed by atoms with Crippen LogP contribution < -0.4 is 10.9 Å². The summed E-state index contributed by atoms with van der Waals surface area (Å²) in [5, 5.41) is 17.4. The SMILES string of the molecule is N#Cc1ccc(SN2CCC(n3ncc(NCC4CCCOC4)c(Cl)c3=O)CC2)c(Cl)c1. The van der Waals surface area contributed by atoms with Crippen LogP contribution in [0.5, 0.6) is 0 Å². The zero-order chi connectivity index (χ0) is 22.5. The molecule has 2 saturated heterocycles. The number of halogens is 2. The maximum Gasteiger partial charge on any atom is 0.287 e. The lowest BCUT2D eigenvalue weighted by Gasteiger charge is -2.31. The zero-order valence-electron chi connectivity index (χ0n) is 17.6. The third kappa shape index (κ3) is 5.59. The highest BCUT2D eigenvalue weighted by molar-refractivity contribution is 7.97. The van der Waals surface area contributed by atoms with Gasteiger partial charge in [-0.05, 0) is 61.7 Å². The van der Waals surface area contributed by atoms with E-state index >= 15 is 0 Å².